The number of ether oxygens (including phenoxy) is 1. The molecule has 152 valence electrons. The van der Waals surface area contributed by atoms with Crippen LogP contribution in [0.25, 0.3) is 0 Å². The van der Waals surface area contributed by atoms with E-state index in [1.165, 1.54) is 6.07 Å². The first-order chi connectivity index (χ1) is 12.5. The summed E-state index contributed by atoms with van der Waals surface area (Å²) in [6.45, 7) is 4.87. The van der Waals surface area contributed by atoms with Crippen LogP contribution >= 0.6 is 35.3 Å². The molecule has 0 unspecified atom stereocenters. The van der Waals surface area contributed by atoms with Crippen LogP contribution in [0.2, 0.25) is 0 Å². The molecule has 0 amide bonds. The third kappa shape index (κ3) is 9.06. The fraction of sp³-hybridized carbons (Fsp3) is 0.438. The van der Waals surface area contributed by atoms with Crippen molar-refractivity contribution in [1.82, 2.24) is 10.6 Å². The van der Waals surface area contributed by atoms with Crippen LogP contribution in [0.15, 0.2) is 44.1 Å². The third-order valence-electron chi connectivity index (χ3n) is 3.24. The molecule has 2 aromatic heterocycles. The van der Waals surface area contributed by atoms with Crippen molar-refractivity contribution in [2.24, 2.45) is 10.1 Å². The summed E-state index contributed by atoms with van der Waals surface area (Å²) in [5.74, 6) is 1.48. The number of sulfonamides is 1. The van der Waals surface area contributed by atoms with E-state index in [1.807, 2.05) is 19.1 Å². The second kappa shape index (κ2) is 12.3. The Morgan fingerprint density at radius 3 is 2.78 bits per heavy atom. The molecule has 0 saturated heterocycles. The van der Waals surface area contributed by atoms with Gasteiger partial charge in [0.15, 0.2) is 5.96 Å². The molecule has 0 aromatic carbocycles. The molecule has 0 bridgehead atoms. The molecule has 11 heteroatoms. The molecule has 2 rings (SSSR count). The number of rotatable bonds is 10. The summed E-state index contributed by atoms with van der Waals surface area (Å²) < 4.78 is 33.5. The smallest absolute Gasteiger partial charge is 0.247 e. The summed E-state index contributed by atoms with van der Waals surface area (Å²) in [7, 11) is -3.65. The fourth-order valence-electron chi connectivity index (χ4n) is 2.04. The summed E-state index contributed by atoms with van der Waals surface area (Å²) in [6, 6.07) is 6.93. The average Bonchev–Trinajstić information content (AvgIpc) is 3.26. The van der Waals surface area contributed by atoms with Crippen molar-refractivity contribution in [2.45, 2.75) is 30.7 Å². The minimum absolute atomic E-state index is 0. The first kappa shape index (κ1) is 23.9. The summed E-state index contributed by atoms with van der Waals surface area (Å²) in [5, 5.41) is 11.5. The quantitative estimate of drug-likeness (QED) is 0.189. The maximum atomic E-state index is 11.3. The number of guanidine groups is 1. The maximum absolute atomic E-state index is 11.3. The third-order valence-corrected chi connectivity index (χ3v) is 5.75. The molecule has 27 heavy (non-hydrogen) atoms. The number of nitrogens with two attached hydrogens (primary N) is 1. The Balaban J connectivity index is 0.00000364. The van der Waals surface area contributed by atoms with E-state index in [0.29, 0.717) is 32.3 Å². The van der Waals surface area contributed by atoms with E-state index in [2.05, 4.69) is 15.6 Å². The molecule has 2 heterocycles. The molecule has 0 saturated carbocycles. The van der Waals surface area contributed by atoms with E-state index in [9.17, 15) is 8.42 Å². The van der Waals surface area contributed by atoms with E-state index in [-0.39, 0.29) is 28.2 Å². The number of hydrogen-bond donors (Lipinski definition) is 3. The van der Waals surface area contributed by atoms with E-state index in [4.69, 9.17) is 14.3 Å². The molecular weight excluding hydrogens is 503 g/mol. The number of nitrogens with zero attached hydrogens (tertiary/aromatic N) is 1. The highest BCUT2D eigenvalue weighted by Crippen LogP contribution is 2.20. The average molecular weight is 528 g/mol. The van der Waals surface area contributed by atoms with Gasteiger partial charge in [0.1, 0.15) is 16.6 Å². The van der Waals surface area contributed by atoms with Gasteiger partial charge in [-0.15, -0.1) is 35.3 Å². The Morgan fingerprint density at radius 2 is 2.15 bits per heavy atom. The van der Waals surface area contributed by atoms with E-state index in [0.717, 1.165) is 34.9 Å². The predicted molar refractivity (Wildman–Crippen MR) is 117 cm³/mol. The minimum atomic E-state index is -3.65. The molecule has 0 aliphatic carbocycles. The monoisotopic (exact) mass is 528 g/mol. The van der Waals surface area contributed by atoms with Crippen LogP contribution in [-0.4, -0.2) is 34.1 Å². The lowest BCUT2D eigenvalue weighted by Crippen LogP contribution is -2.38. The zero-order chi connectivity index (χ0) is 18.8. The van der Waals surface area contributed by atoms with Crippen LogP contribution in [-0.2, 0) is 27.9 Å². The van der Waals surface area contributed by atoms with Gasteiger partial charge in [-0.05, 0) is 37.6 Å². The predicted octanol–water partition coefficient (Wildman–Crippen LogP) is 2.27. The maximum Gasteiger partial charge on any atom is 0.247 e. The second-order valence-corrected chi connectivity index (χ2v) is 8.33. The molecule has 8 nitrogen and oxygen atoms in total. The fourth-order valence-corrected chi connectivity index (χ4v) is 3.75. The highest BCUT2D eigenvalue weighted by atomic mass is 127. The highest BCUT2D eigenvalue weighted by molar-refractivity contribution is 14.0. The lowest BCUT2D eigenvalue weighted by atomic mass is 10.4. The Bertz CT molecular complexity index is 791. The Labute approximate surface area is 180 Å². The molecular formula is C16H25IN4O4S2. The van der Waals surface area contributed by atoms with Crippen molar-refractivity contribution in [3.8, 4) is 0 Å². The first-order valence-corrected chi connectivity index (χ1v) is 10.6. The van der Waals surface area contributed by atoms with Gasteiger partial charge in [0.05, 0.1) is 12.8 Å². The summed E-state index contributed by atoms with van der Waals surface area (Å²) in [6.07, 6.45) is 2.44. The molecule has 0 atom stereocenters. The molecule has 0 aliphatic rings. The number of aliphatic imine (C=N–C) groups is 1. The van der Waals surface area contributed by atoms with Gasteiger partial charge in [-0.1, -0.05) is 0 Å². The number of hydrogen-bond acceptors (Lipinski definition) is 6. The molecule has 0 radical (unpaired) electrons. The van der Waals surface area contributed by atoms with Gasteiger partial charge < -0.3 is 19.8 Å². The zero-order valence-electron chi connectivity index (χ0n) is 15.0. The van der Waals surface area contributed by atoms with Crippen molar-refractivity contribution in [2.75, 3.05) is 19.7 Å². The van der Waals surface area contributed by atoms with Crippen molar-refractivity contribution in [3.05, 3.63) is 41.2 Å². The van der Waals surface area contributed by atoms with Crippen molar-refractivity contribution >= 4 is 51.3 Å². The molecule has 2 aromatic rings. The van der Waals surface area contributed by atoms with Gasteiger partial charge in [0, 0.05) is 24.6 Å². The van der Waals surface area contributed by atoms with E-state index < -0.39 is 10.0 Å². The van der Waals surface area contributed by atoms with Gasteiger partial charge >= 0.3 is 0 Å². The lowest BCUT2D eigenvalue weighted by molar-refractivity contribution is 0.105. The summed E-state index contributed by atoms with van der Waals surface area (Å²) >= 11 is 1.13. The number of thiophene rings is 1. The number of halogens is 1. The number of furan rings is 1. The van der Waals surface area contributed by atoms with Crippen molar-refractivity contribution in [3.63, 3.8) is 0 Å². The standard InChI is InChI=1S/C16H24N4O4S2.HI/c1-2-18-16(19-8-4-9-23-12-13-5-3-10-24-13)20-11-14-6-7-15(25-14)26(17,21)22;/h3,5-7,10H,2,4,8-9,11-12H2,1H3,(H2,17,21,22)(H2,18,19,20);1H. The topological polar surface area (TPSA) is 119 Å². The number of nitrogens with one attached hydrogen (secondary N) is 2. The normalized spacial score (nSPS) is 11.9. The van der Waals surface area contributed by atoms with Crippen LogP contribution in [0.4, 0.5) is 0 Å². The highest BCUT2D eigenvalue weighted by Gasteiger charge is 2.10. The van der Waals surface area contributed by atoms with Gasteiger partial charge in [0.25, 0.3) is 0 Å². The van der Waals surface area contributed by atoms with Crippen molar-refractivity contribution < 1.29 is 17.6 Å². The van der Waals surface area contributed by atoms with Crippen LogP contribution in [0.3, 0.4) is 0 Å². The first-order valence-electron chi connectivity index (χ1n) is 8.23. The van der Waals surface area contributed by atoms with Gasteiger partial charge in [0.2, 0.25) is 10.0 Å². The van der Waals surface area contributed by atoms with Gasteiger partial charge in [-0.2, -0.15) is 0 Å². The lowest BCUT2D eigenvalue weighted by Gasteiger charge is -2.11. The minimum Gasteiger partial charge on any atom is -0.467 e. The van der Waals surface area contributed by atoms with Crippen LogP contribution in [0, 0.1) is 0 Å². The summed E-state index contributed by atoms with van der Waals surface area (Å²) in [5.41, 5.74) is 0. The van der Waals surface area contributed by atoms with Crippen LogP contribution in [0.1, 0.15) is 24.0 Å². The molecule has 0 aliphatic heterocycles. The van der Waals surface area contributed by atoms with Gasteiger partial charge in [-0.25, -0.2) is 18.5 Å². The van der Waals surface area contributed by atoms with Crippen LogP contribution in [0.5, 0.6) is 0 Å². The zero-order valence-corrected chi connectivity index (χ0v) is 19.0. The molecule has 0 fully saturated rings. The van der Waals surface area contributed by atoms with E-state index in [1.54, 1.807) is 12.3 Å². The SMILES string of the molecule is CCNC(=NCc1ccc(S(N)(=O)=O)s1)NCCCOCc1ccco1.I. The Hall–Kier alpha value is -1.15. The van der Waals surface area contributed by atoms with E-state index >= 15 is 0 Å². The second-order valence-electron chi connectivity index (χ2n) is 5.37. The largest absolute Gasteiger partial charge is 0.467 e. The van der Waals surface area contributed by atoms with Gasteiger partial charge in [-0.3, -0.25) is 0 Å². The molecule has 4 N–H and O–H groups in total. The van der Waals surface area contributed by atoms with Crippen LogP contribution < -0.4 is 15.8 Å². The number of primary sulfonamides is 1. The Morgan fingerprint density at radius 1 is 1.33 bits per heavy atom. The van der Waals surface area contributed by atoms with Crippen molar-refractivity contribution in [1.29, 1.82) is 0 Å². The summed E-state index contributed by atoms with van der Waals surface area (Å²) in [4.78, 5) is 5.28. The Kier molecular flexibility index (Phi) is 10.9. The molecule has 0 spiro atoms.